The van der Waals surface area contributed by atoms with Gasteiger partial charge in [-0.15, -0.1) is 12.6 Å². The van der Waals surface area contributed by atoms with E-state index in [0.29, 0.717) is 5.69 Å². The number of anilines is 4. The summed E-state index contributed by atoms with van der Waals surface area (Å²) in [6.45, 7) is 0. The summed E-state index contributed by atoms with van der Waals surface area (Å²) in [5.41, 5.74) is -0.115. The highest BCUT2D eigenvalue weighted by Crippen LogP contribution is 2.38. The van der Waals surface area contributed by atoms with Crippen molar-refractivity contribution in [3.63, 3.8) is 0 Å². The molecule has 0 amide bonds. The van der Waals surface area contributed by atoms with Crippen LogP contribution in [0.1, 0.15) is 0 Å². The van der Waals surface area contributed by atoms with Gasteiger partial charge in [0.15, 0.2) is 5.75 Å². The molecule has 0 spiro atoms. The van der Waals surface area contributed by atoms with E-state index in [1.54, 1.807) is 24.3 Å². The summed E-state index contributed by atoms with van der Waals surface area (Å²) >= 11 is 9.94. The lowest BCUT2D eigenvalue weighted by molar-refractivity contribution is 0.465. The third kappa shape index (κ3) is 2.78. The number of aromatic hydroxyl groups is 1. The minimum absolute atomic E-state index is 0.0872. The van der Waals surface area contributed by atoms with Crippen LogP contribution in [-0.2, 0) is 0 Å². The third-order valence-electron chi connectivity index (χ3n) is 3.32. The number of nitrogens with one attached hydrogen (secondary N) is 2. The zero-order valence-corrected chi connectivity index (χ0v) is 13.3. The molecule has 0 aliphatic heterocycles. The average molecular weight is 347 g/mol. The molecule has 3 rings (SSSR count). The first-order chi connectivity index (χ1) is 11.0. The fraction of sp³-hybridized carbons (Fsp3) is 0. The second kappa shape index (κ2) is 5.98. The van der Waals surface area contributed by atoms with Crippen molar-refractivity contribution in [3.8, 4) is 5.75 Å². The summed E-state index contributed by atoms with van der Waals surface area (Å²) in [7, 11) is 0. The molecule has 0 radical (unpaired) electrons. The molecule has 3 aromatic rings. The number of phenols is 1. The molecule has 0 heterocycles. The van der Waals surface area contributed by atoms with Crippen LogP contribution in [0.2, 0.25) is 5.02 Å². The van der Waals surface area contributed by atoms with Crippen LogP contribution in [0.15, 0.2) is 56.9 Å². The molecule has 0 saturated heterocycles. The van der Waals surface area contributed by atoms with Crippen molar-refractivity contribution in [2.75, 3.05) is 10.6 Å². The van der Waals surface area contributed by atoms with E-state index in [1.807, 2.05) is 6.07 Å². The van der Waals surface area contributed by atoms with E-state index in [4.69, 9.17) is 11.6 Å². The summed E-state index contributed by atoms with van der Waals surface area (Å²) < 4.78 is 0. The smallest absolute Gasteiger partial charge is 0.253 e. The first kappa shape index (κ1) is 15.5. The standard InChI is InChI=1S/C16H11ClN2O3S/c17-9-6-7-10(13(20)16(9)23)19-12-11(14(21)15(12)22)18-8-4-2-1-3-5-8/h1-7,18-20,23H. The Morgan fingerprint density at radius 3 is 2.17 bits per heavy atom. The van der Waals surface area contributed by atoms with E-state index in [1.165, 1.54) is 12.1 Å². The monoisotopic (exact) mass is 346 g/mol. The Bertz CT molecular complexity index is 950. The topological polar surface area (TPSA) is 78.4 Å². The van der Waals surface area contributed by atoms with Crippen LogP contribution in [0.3, 0.4) is 0 Å². The highest BCUT2D eigenvalue weighted by molar-refractivity contribution is 7.80. The summed E-state index contributed by atoms with van der Waals surface area (Å²) in [6.07, 6.45) is 0. The van der Waals surface area contributed by atoms with E-state index in [2.05, 4.69) is 23.3 Å². The van der Waals surface area contributed by atoms with Gasteiger partial charge in [-0.2, -0.15) is 0 Å². The molecule has 0 aliphatic carbocycles. The van der Waals surface area contributed by atoms with Gasteiger partial charge in [-0.05, 0) is 24.3 Å². The number of para-hydroxylation sites is 1. The highest BCUT2D eigenvalue weighted by atomic mass is 35.5. The van der Waals surface area contributed by atoms with Gasteiger partial charge in [-0.25, -0.2) is 0 Å². The van der Waals surface area contributed by atoms with Crippen molar-refractivity contribution in [2.24, 2.45) is 0 Å². The molecule has 23 heavy (non-hydrogen) atoms. The first-order valence-electron chi connectivity index (χ1n) is 6.62. The number of benzene rings is 2. The van der Waals surface area contributed by atoms with E-state index in [9.17, 15) is 14.7 Å². The molecule has 116 valence electrons. The summed E-state index contributed by atoms with van der Waals surface area (Å²) in [5, 5.41) is 15.9. The Morgan fingerprint density at radius 2 is 1.52 bits per heavy atom. The second-order valence-corrected chi connectivity index (χ2v) is 5.67. The van der Waals surface area contributed by atoms with Crippen molar-refractivity contribution in [2.45, 2.75) is 4.90 Å². The van der Waals surface area contributed by atoms with Gasteiger partial charge >= 0.3 is 0 Å². The van der Waals surface area contributed by atoms with Gasteiger partial charge in [0, 0.05) is 5.69 Å². The van der Waals surface area contributed by atoms with Gasteiger partial charge < -0.3 is 15.7 Å². The SMILES string of the molecule is O=c1c(Nc2ccccc2)c(Nc2ccc(Cl)c(S)c2O)c1=O. The largest absolute Gasteiger partial charge is 0.505 e. The van der Waals surface area contributed by atoms with Crippen molar-refractivity contribution in [3.05, 3.63) is 67.9 Å². The quantitative estimate of drug-likeness (QED) is 0.331. The molecule has 7 heteroatoms. The molecule has 5 nitrogen and oxygen atoms in total. The van der Waals surface area contributed by atoms with Crippen LogP contribution in [0, 0.1) is 0 Å². The molecule has 3 aromatic carbocycles. The van der Waals surface area contributed by atoms with Crippen LogP contribution in [0.25, 0.3) is 0 Å². The Balaban J connectivity index is 1.93. The molecule has 0 aromatic heterocycles. The molecule has 3 N–H and O–H groups in total. The average Bonchev–Trinajstić information content (AvgIpc) is 2.58. The number of phenolic OH excluding ortho intramolecular Hbond substituents is 1. The Labute approximate surface area is 141 Å². The summed E-state index contributed by atoms with van der Waals surface area (Å²) in [4.78, 5) is 23.7. The van der Waals surface area contributed by atoms with Crippen LogP contribution in [0.5, 0.6) is 5.75 Å². The maximum Gasteiger partial charge on any atom is 0.253 e. The highest BCUT2D eigenvalue weighted by Gasteiger charge is 2.22. The summed E-state index contributed by atoms with van der Waals surface area (Å²) in [5.74, 6) is -0.195. The van der Waals surface area contributed by atoms with Crippen LogP contribution < -0.4 is 21.5 Å². The van der Waals surface area contributed by atoms with Gasteiger partial charge in [0.2, 0.25) is 0 Å². The fourth-order valence-corrected chi connectivity index (χ4v) is 2.43. The number of thiol groups is 1. The van der Waals surface area contributed by atoms with E-state index < -0.39 is 10.9 Å². The zero-order chi connectivity index (χ0) is 16.6. The molecular weight excluding hydrogens is 336 g/mol. The summed E-state index contributed by atoms with van der Waals surface area (Å²) in [6, 6.07) is 12.0. The molecule has 0 bridgehead atoms. The third-order valence-corrected chi connectivity index (χ3v) is 4.21. The van der Waals surface area contributed by atoms with E-state index in [-0.39, 0.29) is 32.7 Å². The number of hydrogen-bond acceptors (Lipinski definition) is 6. The van der Waals surface area contributed by atoms with Gasteiger partial charge in [-0.1, -0.05) is 29.8 Å². The van der Waals surface area contributed by atoms with Crippen molar-refractivity contribution in [1.82, 2.24) is 0 Å². The second-order valence-electron chi connectivity index (χ2n) is 4.82. The number of rotatable bonds is 4. The van der Waals surface area contributed by atoms with E-state index in [0.717, 1.165) is 0 Å². The van der Waals surface area contributed by atoms with Gasteiger partial charge in [0.25, 0.3) is 10.9 Å². The van der Waals surface area contributed by atoms with Gasteiger partial charge in [-0.3, -0.25) is 9.59 Å². The lowest BCUT2D eigenvalue weighted by atomic mass is 10.1. The van der Waals surface area contributed by atoms with Gasteiger partial charge in [0.1, 0.15) is 11.4 Å². The molecule has 0 unspecified atom stereocenters. The van der Waals surface area contributed by atoms with Crippen molar-refractivity contribution >= 4 is 47.0 Å². The lowest BCUT2D eigenvalue weighted by Crippen LogP contribution is -2.35. The maximum atomic E-state index is 11.8. The Kier molecular flexibility index (Phi) is 4.02. The molecule has 0 saturated carbocycles. The first-order valence-corrected chi connectivity index (χ1v) is 7.44. The van der Waals surface area contributed by atoms with Crippen molar-refractivity contribution in [1.29, 1.82) is 0 Å². The zero-order valence-electron chi connectivity index (χ0n) is 11.6. The maximum absolute atomic E-state index is 11.8. The normalized spacial score (nSPS) is 10.7. The van der Waals surface area contributed by atoms with E-state index >= 15 is 0 Å². The predicted molar refractivity (Wildman–Crippen MR) is 94.7 cm³/mol. The minimum atomic E-state index is -0.654. The predicted octanol–water partition coefficient (Wildman–Crippen LogP) is 3.42. The number of hydrogen-bond donors (Lipinski definition) is 4. The Morgan fingerprint density at radius 1 is 0.913 bits per heavy atom. The lowest BCUT2D eigenvalue weighted by Gasteiger charge is -2.16. The van der Waals surface area contributed by atoms with Crippen LogP contribution in [-0.4, -0.2) is 5.11 Å². The molecule has 0 aliphatic rings. The van der Waals surface area contributed by atoms with Crippen LogP contribution >= 0.6 is 24.2 Å². The number of halogens is 1. The molecular formula is C16H11ClN2O3S. The van der Waals surface area contributed by atoms with Gasteiger partial charge in [0.05, 0.1) is 15.6 Å². The fourth-order valence-electron chi connectivity index (χ4n) is 2.09. The molecule has 0 fully saturated rings. The van der Waals surface area contributed by atoms with Crippen molar-refractivity contribution < 1.29 is 5.11 Å². The van der Waals surface area contributed by atoms with Crippen LogP contribution in [0.4, 0.5) is 22.7 Å². The minimum Gasteiger partial charge on any atom is -0.505 e. The molecule has 0 atom stereocenters. The Hall–Kier alpha value is -2.44.